The SMILES string of the molecule is c1ccc(-c2cc(-c3ccccc3)nc(-c3cccc(-n4c5ccccc5c5ccc6c7cc8c(cc7n(-c7ccccc7)c6c54)oc4ccccc48)c3)n2)cc1. The lowest BCUT2D eigenvalue weighted by Crippen LogP contribution is -2.00. The maximum Gasteiger partial charge on any atom is 0.160 e. The van der Waals surface area contributed by atoms with E-state index in [1.807, 2.05) is 24.3 Å². The van der Waals surface area contributed by atoms with Crippen LogP contribution in [0.1, 0.15) is 0 Å². The predicted molar refractivity (Wildman–Crippen MR) is 234 cm³/mol. The lowest BCUT2D eigenvalue weighted by molar-refractivity contribution is 0.669. The first kappa shape index (κ1) is 31.6. The molecule has 0 saturated carbocycles. The van der Waals surface area contributed by atoms with E-state index in [0.717, 1.165) is 83.5 Å². The average Bonchev–Trinajstić information content (AvgIpc) is 3.93. The summed E-state index contributed by atoms with van der Waals surface area (Å²) in [6.07, 6.45) is 0. The molecule has 57 heavy (non-hydrogen) atoms. The van der Waals surface area contributed by atoms with Gasteiger partial charge in [-0.15, -0.1) is 0 Å². The van der Waals surface area contributed by atoms with Crippen LogP contribution in [0.15, 0.2) is 199 Å². The number of para-hydroxylation sites is 3. The first-order chi connectivity index (χ1) is 28.3. The predicted octanol–water partition coefficient (Wildman–Crippen LogP) is 13.6. The normalized spacial score (nSPS) is 11.9. The largest absolute Gasteiger partial charge is 0.456 e. The number of benzene rings is 8. The van der Waals surface area contributed by atoms with Gasteiger partial charge < -0.3 is 13.6 Å². The zero-order valence-electron chi connectivity index (χ0n) is 30.7. The number of hydrogen-bond donors (Lipinski definition) is 0. The van der Waals surface area contributed by atoms with Gasteiger partial charge in [0, 0.05) is 66.4 Å². The van der Waals surface area contributed by atoms with E-state index in [2.05, 4.69) is 179 Å². The van der Waals surface area contributed by atoms with Crippen molar-refractivity contribution >= 4 is 65.6 Å². The molecule has 4 heterocycles. The van der Waals surface area contributed by atoms with Crippen molar-refractivity contribution in [1.29, 1.82) is 0 Å². The Kier molecular flexibility index (Phi) is 6.86. The van der Waals surface area contributed by atoms with E-state index in [4.69, 9.17) is 14.4 Å². The van der Waals surface area contributed by atoms with Crippen LogP contribution >= 0.6 is 0 Å². The van der Waals surface area contributed by atoms with Crippen molar-refractivity contribution in [3.8, 4) is 45.3 Å². The van der Waals surface area contributed by atoms with Crippen LogP contribution in [0.25, 0.3) is 111 Å². The fraction of sp³-hybridized carbons (Fsp3) is 0. The fourth-order valence-corrected chi connectivity index (χ4v) is 8.75. The van der Waals surface area contributed by atoms with Crippen molar-refractivity contribution in [3.05, 3.63) is 194 Å². The van der Waals surface area contributed by atoms with Crippen molar-refractivity contribution < 1.29 is 4.42 Å². The molecule has 0 aliphatic carbocycles. The maximum atomic E-state index is 6.47. The number of nitrogens with zero attached hydrogens (tertiary/aromatic N) is 4. The summed E-state index contributed by atoms with van der Waals surface area (Å²) in [5.74, 6) is 0.677. The van der Waals surface area contributed by atoms with E-state index >= 15 is 0 Å². The monoisotopic (exact) mass is 728 g/mol. The second-order valence-electron chi connectivity index (χ2n) is 14.6. The second-order valence-corrected chi connectivity index (χ2v) is 14.6. The minimum atomic E-state index is 0.677. The average molecular weight is 729 g/mol. The molecule has 0 amide bonds. The summed E-state index contributed by atoms with van der Waals surface area (Å²) in [5.41, 5.74) is 13.2. The van der Waals surface area contributed by atoms with Gasteiger partial charge in [-0.1, -0.05) is 140 Å². The number of aromatic nitrogens is 4. The molecule has 0 radical (unpaired) electrons. The zero-order valence-corrected chi connectivity index (χ0v) is 30.7. The van der Waals surface area contributed by atoms with Crippen LogP contribution < -0.4 is 0 Å². The quantitative estimate of drug-likeness (QED) is 0.177. The summed E-state index contributed by atoms with van der Waals surface area (Å²) < 4.78 is 11.3. The van der Waals surface area contributed by atoms with E-state index < -0.39 is 0 Å². The lowest BCUT2D eigenvalue weighted by Gasteiger charge is -2.14. The summed E-state index contributed by atoms with van der Waals surface area (Å²) >= 11 is 0. The molecule has 0 spiro atoms. The molecule has 12 aromatic rings. The minimum Gasteiger partial charge on any atom is -0.456 e. The van der Waals surface area contributed by atoms with Gasteiger partial charge in [0.15, 0.2) is 5.82 Å². The van der Waals surface area contributed by atoms with E-state index in [9.17, 15) is 0 Å². The van der Waals surface area contributed by atoms with Gasteiger partial charge in [-0.05, 0) is 48.5 Å². The van der Waals surface area contributed by atoms with Crippen LogP contribution in [0.3, 0.4) is 0 Å². The Bertz CT molecular complexity index is 3450. The first-order valence-corrected chi connectivity index (χ1v) is 19.2. The standard InChI is InChI=1S/C52H32N4O/c1-4-15-33(16-5-1)44-31-45(34-17-6-2-7-18-34)54-52(53-44)35-19-14-22-37(29-35)56-46-25-12-10-23-38(46)40-27-28-41-42-30-43-39-24-11-13-26-48(39)57-49(43)32-47(42)55(51(41)50(40)56)36-20-8-3-9-21-36/h1-32H. The smallest absolute Gasteiger partial charge is 0.160 e. The molecular formula is C52H32N4O. The molecule has 0 N–H and O–H groups in total. The molecule has 0 saturated heterocycles. The van der Waals surface area contributed by atoms with Gasteiger partial charge in [0.25, 0.3) is 0 Å². The van der Waals surface area contributed by atoms with Crippen LogP contribution in [0.5, 0.6) is 0 Å². The van der Waals surface area contributed by atoms with E-state index in [-0.39, 0.29) is 0 Å². The molecule has 266 valence electrons. The first-order valence-electron chi connectivity index (χ1n) is 19.2. The van der Waals surface area contributed by atoms with Gasteiger partial charge in [-0.2, -0.15) is 0 Å². The third kappa shape index (κ3) is 4.89. The van der Waals surface area contributed by atoms with Gasteiger partial charge in [0.05, 0.1) is 33.5 Å². The Morgan fingerprint density at radius 3 is 1.61 bits per heavy atom. The molecule has 0 bridgehead atoms. The second kappa shape index (κ2) is 12.4. The molecular weight excluding hydrogens is 697 g/mol. The van der Waals surface area contributed by atoms with Gasteiger partial charge in [-0.3, -0.25) is 0 Å². The molecule has 5 nitrogen and oxygen atoms in total. The lowest BCUT2D eigenvalue weighted by atomic mass is 10.1. The molecule has 0 fully saturated rings. The van der Waals surface area contributed by atoms with Crippen LogP contribution in [-0.4, -0.2) is 19.1 Å². The zero-order chi connectivity index (χ0) is 37.5. The van der Waals surface area contributed by atoms with Crippen molar-refractivity contribution in [2.45, 2.75) is 0 Å². The molecule has 12 rings (SSSR count). The Hall–Kier alpha value is -7.76. The maximum absolute atomic E-state index is 6.47. The minimum absolute atomic E-state index is 0.677. The summed E-state index contributed by atoms with van der Waals surface area (Å²) in [6.45, 7) is 0. The van der Waals surface area contributed by atoms with E-state index in [1.54, 1.807) is 0 Å². The highest BCUT2D eigenvalue weighted by atomic mass is 16.3. The molecule has 0 aliphatic rings. The van der Waals surface area contributed by atoms with Crippen LogP contribution in [0.4, 0.5) is 0 Å². The molecule has 0 unspecified atom stereocenters. The number of furan rings is 1. The third-order valence-electron chi connectivity index (χ3n) is 11.3. The van der Waals surface area contributed by atoms with Crippen molar-refractivity contribution in [1.82, 2.24) is 19.1 Å². The Labute approximate surface area is 327 Å². The fourth-order valence-electron chi connectivity index (χ4n) is 8.75. The number of hydrogen-bond acceptors (Lipinski definition) is 3. The van der Waals surface area contributed by atoms with Gasteiger partial charge in [0.2, 0.25) is 0 Å². The third-order valence-corrected chi connectivity index (χ3v) is 11.3. The van der Waals surface area contributed by atoms with Gasteiger partial charge >= 0.3 is 0 Å². The molecule has 8 aromatic carbocycles. The highest BCUT2D eigenvalue weighted by Gasteiger charge is 2.23. The highest BCUT2D eigenvalue weighted by Crippen LogP contribution is 2.44. The molecule has 0 aliphatic heterocycles. The van der Waals surface area contributed by atoms with Crippen molar-refractivity contribution in [2.24, 2.45) is 0 Å². The van der Waals surface area contributed by atoms with E-state index in [0.29, 0.717) is 5.82 Å². The van der Waals surface area contributed by atoms with E-state index in [1.165, 1.54) is 21.5 Å². The van der Waals surface area contributed by atoms with Crippen LogP contribution in [-0.2, 0) is 0 Å². The summed E-state index contributed by atoms with van der Waals surface area (Å²) in [6, 6.07) is 68.3. The van der Waals surface area contributed by atoms with Crippen LogP contribution in [0.2, 0.25) is 0 Å². The number of fused-ring (bicyclic) bond motifs is 10. The molecule has 4 aromatic heterocycles. The summed E-state index contributed by atoms with van der Waals surface area (Å²) in [7, 11) is 0. The Morgan fingerprint density at radius 1 is 0.333 bits per heavy atom. The highest BCUT2D eigenvalue weighted by molar-refractivity contribution is 6.25. The van der Waals surface area contributed by atoms with Gasteiger partial charge in [0.1, 0.15) is 11.2 Å². The van der Waals surface area contributed by atoms with Gasteiger partial charge in [-0.25, -0.2) is 9.97 Å². The molecule has 0 atom stereocenters. The van der Waals surface area contributed by atoms with Crippen molar-refractivity contribution in [3.63, 3.8) is 0 Å². The number of rotatable bonds is 5. The summed E-state index contributed by atoms with van der Waals surface area (Å²) in [5, 5.41) is 6.98. The topological polar surface area (TPSA) is 48.8 Å². The Morgan fingerprint density at radius 2 is 0.895 bits per heavy atom. The van der Waals surface area contributed by atoms with Crippen molar-refractivity contribution in [2.75, 3.05) is 0 Å². The summed E-state index contributed by atoms with van der Waals surface area (Å²) in [4.78, 5) is 10.4. The molecule has 5 heteroatoms. The van der Waals surface area contributed by atoms with Crippen LogP contribution in [0, 0.1) is 0 Å². The Balaban J connectivity index is 1.16.